The van der Waals surface area contributed by atoms with E-state index in [0.29, 0.717) is 5.57 Å². The number of nitrogens with two attached hydrogens (primary N) is 1. The van der Waals surface area contributed by atoms with Crippen LogP contribution in [0, 0.1) is 0 Å². The molecule has 0 heterocycles. The first-order valence-electron chi connectivity index (χ1n) is 2.87. The van der Waals surface area contributed by atoms with Gasteiger partial charge in [0.25, 0.3) is 0 Å². The molecule has 0 aliphatic heterocycles. The van der Waals surface area contributed by atoms with Crippen molar-refractivity contribution in [1.29, 1.82) is 0 Å². The molecule has 0 aromatic carbocycles. The van der Waals surface area contributed by atoms with Gasteiger partial charge in [0.1, 0.15) is 5.54 Å². The van der Waals surface area contributed by atoms with Gasteiger partial charge in [0.15, 0.2) is 0 Å². The Morgan fingerprint density at radius 2 is 1.80 bits per heavy atom. The Labute approximate surface area is 56.7 Å². The van der Waals surface area contributed by atoms with Gasteiger partial charge >= 0.3 is 6.18 Å². The summed E-state index contributed by atoms with van der Waals surface area (Å²) in [6, 6.07) is 0. The van der Waals surface area contributed by atoms with Gasteiger partial charge in [-0.2, -0.15) is 13.2 Å². The zero-order valence-electron chi connectivity index (χ0n) is 5.33. The summed E-state index contributed by atoms with van der Waals surface area (Å²) in [5.41, 5.74) is 3.60. The third-order valence-electron chi connectivity index (χ3n) is 1.70. The van der Waals surface area contributed by atoms with Gasteiger partial charge in [-0.25, -0.2) is 0 Å². The summed E-state index contributed by atoms with van der Waals surface area (Å²) in [6.07, 6.45) is -4.50. The molecule has 1 aliphatic carbocycles. The minimum atomic E-state index is -4.27. The minimum Gasteiger partial charge on any atom is -0.317 e. The highest BCUT2D eigenvalue weighted by molar-refractivity contribution is 5.21. The molecule has 10 heavy (non-hydrogen) atoms. The molecule has 0 radical (unpaired) electrons. The molecule has 0 saturated heterocycles. The maximum Gasteiger partial charge on any atom is 0.406 e. The molecule has 1 saturated carbocycles. The van der Waals surface area contributed by atoms with Gasteiger partial charge in [0.05, 0.1) is 0 Å². The summed E-state index contributed by atoms with van der Waals surface area (Å²) in [7, 11) is 0. The molecule has 0 aromatic heterocycles. The summed E-state index contributed by atoms with van der Waals surface area (Å²) >= 11 is 0. The highest BCUT2D eigenvalue weighted by atomic mass is 19.4. The number of rotatable bonds is 0. The van der Waals surface area contributed by atoms with Crippen molar-refractivity contribution in [3.05, 3.63) is 12.2 Å². The van der Waals surface area contributed by atoms with Gasteiger partial charge in [-0.1, -0.05) is 12.2 Å². The highest BCUT2D eigenvalue weighted by Gasteiger charge is 2.56. The highest BCUT2D eigenvalue weighted by Crippen LogP contribution is 2.45. The Kier molecular flexibility index (Phi) is 1.33. The summed E-state index contributed by atoms with van der Waals surface area (Å²) in [4.78, 5) is 0. The first-order valence-corrected chi connectivity index (χ1v) is 2.87. The van der Waals surface area contributed by atoms with Crippen LogP contribution >= 0.6 is 0 Å². The second kappa shape index (κ2) is 1.75. The van der Waals surface area contributed by atoms with Crippen LogP contribution in [0.25, 0.3) is 0 Å². The van der Waals surface area contributed by atoms with Crippen molar-refractivity contribution in [3.63, 3.8) is 0 Å². The predicted octanol–water partition coefficient (Wildman–Crippen LogP) is 1.60. The van der Waals surface area contributed by atoms with Crippen LogP contribution in [-0.4, -0.2) is 11.7 Å². The smallest absolute Gasteiger partial charge is 0.317 e. The SMILES string of the molecule is C=C1CC(N)(C(F)(F)F)C1. The fourth-order valence-corrected chi connectivity index (χ4v) is 1.04. The minimum absolute atomic E-state index is 0.115. The summed E-state index contributed by atoms with van der Waals surface area (Å²) in [6.45, 7) is 3.39. The van der Waals surface area contributed by atoms with Crippen molar-refractivity contribution in [3.8, 4) is 0 Å². The normalized spacial score (nSPS) is 24.2. The molecule has 0 amide bonds. The predicted molar refractivity (Wildman–Crippen MR) is 31.3 cm³/mol. The molecule has 1 rings (SSSR count). The Hall–Kier alpha value is -0.510. The second-order valence-electron chi connectivity index (χ2n) is 2.76. The monoisotopic (exact) mass is 151 g/mol. The van der Waals surface area contributed by atoms with Crippen LogP contribution in [0.4, 0.5) is 13.2 Å². The van der Waals surface area contributed by atoms with Crippen molar-refractivity contribution in [1.82, 2.24) is 0 Å². The Bertz CT molecular complexity index is 162. The molecule has 4 heteroatoms. The average molecular weight is 151 g/mol. The van der Waals surface area contributed by atoms with Gasteiger partial charge in [0, 0.05) is 0 Å². The first kappa shape index (κ1) is 7.60. The molecule has 0 aromatic rings. The number of hydrogen-bond donors (Lipinski definition) is 1. The molecule has 0 atom stereocenters. The molecule has 0 bridgehead atoms. The molecule has 1 aliphatic rings. The zero-order valence-corrected chi connectivity index (χ0v) is 5.33. The van der Waals surface area contributed by atoms with E-state index < -0.39 is 11.7 Å². The van der Waals surface area contributed by atoms with Crippen LogP contribution < -0.4 is 5.73 Å². The van der Waals surface area contributed by atoms with E-state index in [4.69, 9.17) is 5.73 Å². The molecular formula is C6H8F3N. The van der Waals surface area contributed by atoms with Crippen LogP contribution in [0.2, 0.25) is 0 Å². The third-order valence-corrected chi connectivity index (χ3v) is 1.70. The molecular weight excluding hydrogens is 143 g/mol. The lowest BCUT2D eigenvalue weighted by Crippen LogP contribution is -2.59. The lowest BCUT2D eigenvalue weighted by molar-refractivity contribution is -0.196. The summed E-state index contributed by atoms with van der Waals surface area (Å²) in [5.74, 6) is 0. The second-order valence-corrected chi connectivity index (χ2v) is 2.76. The van der Waals surface area contributed by atoms with Crippen molar-refractivity contribution in [2.24, 2.45) is 5.73 Å². The van der Waals surface area contributed by atoms with E-state index in [2.05, 4.69) is 6.58 Å². The third kappa shape index (κ3) is 0.923. The Morgan fingerprint density at radius 1 is 1.40 bits per heavy atom. The van der Waals surface area contributed by atoms with E-state index in [9.17, 15) is 13.2 Å². The maximum absolute atomic E-state index is 11.9. The van der Waals surface area contributed by atoms with Gasteiger partial charge < -0.3 is 5.73 Å². The molecule has 0 spiro atoms. The summed E-state index contributed by atoms with van der Waals surface area (Å²) in [5, 5.41) is 0. The number of halogens is 3. The zero-order chi connectivity index (χ0) is 7.99. The summed E-state index contributed by atoms with van der Waals surface area (Å²) < 4.78 is 35.7. The first-order chi connectivity index (χ1) is 4.35. The van der Waals surface area contributed by atoms with E-state index in [1.54, 1.807) is 0 Å². The van der Waals surface area contributed by atoms with Crippen molar-refractivity contribution < 1.29 is 13.2 Å². The number of hydrogen-bond acceptors (Lipinski definition) is 1. The molecule has 1 fully saturated rings. The molecule has 2 N–H and O–H groups in total. The van der Waals surface area contributed by atoms with Crippen molar-refractivity contribution >= 4 is 0 Å². The van der Waals surface area contributed by atoms with Crippen LogP contribution in [-0.2, 0) is 0 Å². The fraction of sp³-hybridized carbons (Fsp3) is 0.667. The van der Waals surface area contributed by atoms with Gasteiger partial charge in [-0.3, -0.25) is 0 Å². The Balaban J connectivity index is 2.65. The van der Waals surface area contributed by atoms with E-state index >= 15 is 0 Å². The quantitative estimate of drug-likeness (QED) is 0.523. The largest absolute Gasteiger partial charge is 0.406 e. The van der Waals surface area contributed by atoms with Crippen LogP contribution in [0.15, 0.2) is 12.2 Å². The molecule has 0 unspecified atom stereocenters. The van der Waals surface area contributed by atoms with Crippen LogP contribution in [0.3, 0.4) is 0 Å². The maximum atomic E-state index is 11.9. The lowest BCUT2D eigenvalue weighted by atomic mass is 9.73. The molecule has 1 nitrogen and oxygen atoms in total. The van der Waals surface area contributed by atoms with Gasteiger partial charge in [-0.15, -0.1) is 0 Å². The van der Waals surface area contributed by atoms with E-state index in [1.807, 2.05) is 0 Å². The van der Waals surface area contributed by atoms with Gasteiger partial charge in [0.2, 0.25) is 0 Å². The lowest BCUT2D eigenvalue weighted by Gasteiger charge is -2.41. The van der Waals surface area contributed by atoms with E-state index in [1.165, 1.54) is 0 Å². The van der Waals surface area contributed by atoms with E-state index in [-0.39, 0.29) is 12.8 Å². The topological polar surface area (TPSA) is 26.0 Å². The Morgan fingerprint density at radius 3 is 1.90 bits per heavy atom. The average Bonchev–Trinajstić information content (AvgIpc) is 1.58. The van der Waals surface area contributed by atoms with Crippen molar-refractivity contribution in [2.45, 2.75) is 24.6 Å². The van der Waals surface area contributed by atoms with Crippen molar-refractivity contribution in [2.75, 3.05) is 0 Å². The van der Waals surface area contributed by atoms with E-state index in [0.717, 1.165) is 0 Å². The van der Waals surface area contributed by atoms with Gasteiger partial charge in [-0.05, 0) is 12.8 Å². The number of alkyl halides is 3. The standard InChI is InChI=1S/C6H8F3N/c1-4-2-5(10,3-4)6(7,8)9/h1-3,10H2. The molecule has 58 valence electrons. The van der Waals surface area contributed by atoms with Crippen LogP contribution in [0.1, 0.15) is 12.8 Å². The fourth-order valence-electron chi connectivity index (χ4n) is 1.04. The van der Waals surface area contributed by atoms with Crippen LogP contribution in [0.5, 0.6) is 0 Å².